The number of hydrogen-bond acceptors (Lipinski definition) is 6. The minimum atomic E-state index is -0.0819. The van der Waals surface area contributed by atoms with Crippen molar-refractivity contribution < 1.29 is 14.3 Å². The smallest absolute Gasteiger partial charge is 0.222 e. The number of aromatic amines is 1. The molecule has 2 N–H and O–H groups in total. The maximum atomic E-state index is 12.3. The molecule has 0 spiro atoms. The molecule has 0 unspecified atom stereocenters. The van der Waals surface area contributed by atoms with Gasteiger partial charge in [0.25, 0.3) is 0 Å². The SMILES string of the molecule is CCOc1ccc(-c2n[nH]c(=S)n2CCC(=O)NCc2ccnc(OC)c2)cc1. The van der Waals surface area contributed by atoms with E-state index in [-0.39, 0.29) is 12.3 Å². The molecule has 0 saturated heterocycles. The van der Waals surface area contributed by atoms with Gasteiger partial charge in [-0.3, -0.25) is 14.5 Å². The monoisotopic (exact) mass is 413 g/mol. The Kier molecular flexibility index (Phi) is 6.96. The van der Waals surface area contributed by atoms with Gasteiger partial charge in [0.15, 0.2) is 10.6 Å². The fourth-order valence-corrected chi connectivity index (χ4v) is 3.01. The van der Waals surface area contributed by atoms with Gasteiger partial charge in [0.1, 0.15) is 5.75 Å². The van der Waals surface area contributed by atoms with Gasteiger partial charge in [-0.1, -0.05) is 0 Å². The molecule has 1 amide bonds. The zero-order chi connectivity index (χ0) is 20.6. The first-order valence-corrected chi connectivity index (χ1v) is 9.65. The molecule has 3 aromatic rings. The van der Waals surface area contributed by atoms with E-state index in [9.17, 15) is 4.79 Å². The van der Waals surface area contributed by atoms with Crippen molar-refractivity contribution in [3.63, 3.8) is 0 Å². The summed E-state index contributed by atoms with van der Waals surface area (Å²) in [5, 5.41) is 10.0. The van der Waals surface area contributed by atoms with E-state index in [2.05, 4.69) is 20.5 Å². The molecule has 0 aliphatic heterocycles. The van der Waals surface area contributed by atoms with Crippen LogP contribution in [0, 0.1) is 4.77 Å². The number of nitrogens with one attached hydrogen (secondary N) is 2. The molecular weight excluding hydrogens is 390 g/mol. The highest BCUT2D eigenvalue weighted by atomic mass is 32.1. The van der Waals surface area contributed by atoms with Crippen LogP contribution in [-0.4, -0.2) is 39.4 Å². The number of carbonyl (C=O) groups is 1. The van der Waals surface area contributed by atoms with Gasteiger partial charge in [0.05, 0.1) is 13.7 Å². The number of H-pyrrole nitrogens is 1. The van der Waals surface area contributed by atoms with Crippen LogP contribution in [-0.2, 0) is 17.9 Å². The van der Waals surface area contributed by atoms with Crippen LogP contribution in [0.3, 0.4) is 0 Å². The van der Waals surface area contributed by atoms with Crippen molar-refractivity contribution in [2.24, 2.45) is 0 Å². The van der Waals surface area contributed by atoms with Crippen LogP contribution >= 0.6 is 12.2 Å². The fourth-order valence-electron chi connectivity index (χ4n) is 2.79. The van der Waals surface area contributed by atoms with E-state index in [0.29, 0.717) is 36.2 Å². The average Bonchev–Trinajstić information content (AvgIpc) is 3.12. The van der Waals surface area contributed by atoms with Gasteiger partial charge in [-0.2, -0.15) is 5.10 Å². The molecule has 29 heavy (non-hydrogen) atoms. The van der Waals surface area contributed by atoms with Crippen LogP contribution in [0.1, 0.15) is 18.9 Å². The van der Waals surface area contributed by atoms with E-state index in [4.69, 9.17) is 21.7 Å². The molecule has 0 saturated carbocycles. The highest BCUT2D eigenvalue weighted by Gasteiger charge is 2.11. The van der Waals surface area contributed by atoms with Gasteiger partial charge in [-0.15, -0.1) is 0 Å². The Balaban J connectivity index is 1.61. The summed E-state index contributed by atoms with van der Waals surface area (Å²) in [6, 6.07) is 11.2. The van der Waals surface area contributed by atoms with Gasteiger partial charge in [-0.05, 0) is 55.0 Å². The van der Waals surface area contributed by atoms with E-state index in [1.165, 1.54) is 0 Å². The molecule has 0 fully saturated rings. The van der Waals surface area contributed by atoms with Crippen LogP contribution in [0.2, 0.25) is 0 Å². The van der Waals surface area contributed by atoms with Crippen molar-refractivity contribution in [1.82, 2.24) is 25.1 Å². The number of pyridine rings is 1. The molecule has 152 valence electrons. The lowest BCUT2D eigenvalue weighted by Crippen LogP contribution is -2.24. The number of aromatic nitrogens is 4. The topological polar surface area (TPSA) is 94.1 Å². The van der Waals surface area contributed by atoms with Crippen molar-refractivity contribution in [2.45, 2.75) is 26.4 Å². The first-order chi connectivity index (χ1) is 14.1. The molecule has 0 atom stereocenters. The number of hydrogen-bond donors (Lipinski definition) is 2. The van der Waals surface area contributed by atoms with Crippen LogP contribution in [0.5, 0.6) is 11.6 Å². The minimum absolute atomic E-state index is 0.0819. The van der Waals surface area contributed by atoms with Gasteiger partial charge >= 0.3 is 0 Å². The van der Waals surface area contributed by atoms with Crippen molar-refractivity contribution in [3.05, 3.63) is 52.9 Å². The first kappa shape index (κ1) is 20.5. The van der Waals surface area contributed by atoms with Crippen molar-refractivity contribution >= 4 is 18.1 Å². The Morgan fingerprint density at radius 1 is 1.28 bits per heavy atom. The van der Waals surface area contributed by atoms with E-state index in [0.717, 1.165) is 16.9 Å². The van der Waals surface area contributed by atoms with Crippen molar-refractivity contribution in [1.29, 1.82) is 0 Å². The van der Waals surface area contributed by atoms with Gasteiger partial charge in [0.2, 0.25) is 11.8 Å². The van der Waals surface area contributed by atoms with Crippen LogP contribution < -0.4 is 14.8 Å². The van der Waals surface area contributed by atoms with Crippen LogP contribution in [0.15, 0.2) is 42.6 Å². The lowest BCUT2D eigenvalue weighted by atomic mass is 10.2. The van der Waals surface area contributed by atoms with Crippen LogP contribution in [0.4, 0.5) is 0 Å². The standard InChI is InChI=1S/C20H23N5O3S/c1-3-28-16-6-4-15(5-7-16)19-23-24-20(29)25(19)11-9-17(26)22-13-14-8-10-21-18(12-14)27-2/h4-8,10,12H,3,9,11,13H2,1-2H3,(H,22,26)(H,24,29). The lowest BCUT2D eigenvalue weighted by molar-refractivity contribution is -0.121. The summed E-state index contributed by atoms with van der Waals surface area (Å²) in [6.45, 7) is 3.37. The highest BCUT2D eigenvalue weighted by molar-refractivity contribution is 7.71. The van der Waals surface area contributed by atoms with Crippen molar-refractivity contribution in [2.75, 3.05) is 13.7 Å². The first-order valence-electron chi connectivity index (χ1n) is 9.24. The fraction of sp³-hybridized carbons (Fsp3) is 0.300. The number of carbonyl (C=O) groups excluding carboxylic acids is 1. The maximum absolute atomic E-state index is 12.3. The average molecular weight is 414 g/mol. The van der Waals surface area contributed by atoms with E-state index in [1.807, 2.05) is 41.8 Å². The molecule has 9 heteroatoms. The normalized spacial score (nSPS) is 10.6. The zero-order valence-corrected chi connectivity index (χ0v) is 17.2. The molecular formula is C20H23N5O3S. The number of benzene rings is 1. The van der Waals surface area contributed by atoms with E-state index < -0.39 is 0 Å². The Hall–Kier alpha value is -3.20. The summed E-state index contributed by atoms with van der Waals surface area (Å²) in [7, 11) is 1.56. The third-order valence-electron chi connectivity index (χ3n) is 4.24. The van der Waals surface area contributed by atoms with E-state index in [1.54, 1.807) is 19.4 Å². The summed E-state index contributed by atoms with van der Waals surface area (Å²) >= 11 is 5.33. The quantitative estimate of drug-likeness (QED) is 0.524. The van der Waals surface area contributed by atoms with Crippen molar-refractivity contribution in [3.8, 4) is 23.0 Å². The summed E-state index contributed by atoms with van der Waals surface area (Å²) < 4.78 is 12.9. The Bertz CT molecular complexity index is 1010. The zero-order valence-electron chi connectivity index (χ0n) is 16.3. The highest BCUT2D eigenvalue weighted by Crippen LogP contribution is 2.21. The molecule has 2 aromatic heterocycles. The predicted molar refractivity (Wildman–Crippen MR) is 111 cm³/mol. The number of methoxy groups -OCH3 is 1. The molecule has 0 bridgehead atoms. The van der Waals surface area contributed by atoms with Crippen LogP contribution in [0.25, 0.3) is 11.4 Å². The van der Waals surface area contributed by atoms with Gasteiger partial charge < -0.3 is 14.8 Å². The summed E-state index contributed by atoms with van der Waals surface area (Å²) in [5.41, 5.74) is 1.81. The van der Waals surface area contributed by atoms with Gasteiger partial charge in [-0.25, -0.2) is 4.98 Å². The summed E-state index contributed by atoms with van der Waals surface area (Å²) in [6.07, 6.45) is 1.92. The summed E-state index contributed by atoms with van der Waals surface area (Å²) in [4.78, 5) is 16.3. The molecule has 0 aliphatic carbocycles. The maximum Gasteiger partial charge on any atom is 0.222 e. The third-order valence-corrected chi connectivity index (χ3v) is 4.55. The predicted octanol–water partition coefficient (Wildman–Crippen LogP) is 3.12. The lowest BCUT2D eigenvalue weighted by Gasteiger charge is -2.09. The Morgan fingerprint density at radius 2 is 2.07 bits per heavy atom. The third kappa shape index (κ3) is 5.41. The molecule has 1 aromatic carbocycles. The Morgan fingerprint density at radius 3 is 2.79 bits per heavy atom. The minimum Gasteiger partial charge on any atom is -0.494 e. The number of ether oxygens (including phenoxy) is 2. The molecule has 2 heterocycles. The number of amides is 1. The van der Waals surface area contributed by atoms with Gasteiger partial charge in [0, 0.05) is 37.3 Å². The second kappa shape index (κ2) is 9.83. The summed E-state index contributed by atoms with van der Waals surface area (Å²) in [5.74, 6) is 1.91. The molecule has 0 aliphatic rings. The largest absolute Gasteiger partial charge is 0.494 e. The molecule has 8 nitrogen and oxygen atoms in total. The molecule has 3 rings (SSSR count). The number of rotatable bonds is 9. The number of nitrogens with zero attached hydrogens (tertiary/aromatic N) is 3. The van der Waals surface area contributed by atoms with E-state index >= 15 is 0 Å². The molecule has 0 radical (unpaired) electrons. The Labute approximate surface area is 173 Å². The second-order valence-electron chi connectivity index (χ2n) is 6.19. The second-order valence-corrected chi connectivity index (χ2v) is 6.58.